The van der Waals surface area contributed by atoms with Gasteiger partial charge in [0.05, 0.1) is 34.7 Å². The lowest BCUT2D eigenvalue weighted by atomic mass is 9.99. The summed E-state index contributed by atoms with van der Waals surface area (Å²) in [6.45, 7) is 14.7. The van der Waals surface area contributed by atoms with Crippen LogP contribution in [0.5, 0.6) is 0 Å². The molecule has 2 aromatic heterocycles. The van der Waals surface area contributed by atoms with E-state index in [-0.39, 0.29) is 24.3 Å². The number of hydrogen-bond acceptors (Lipinski definition) is 9. The zero-order valence-electron chi connectivity index (χ0n) is 30.0. The number of nitrogens with one attached hydrogen (secondary N) is 1. The maximum absolute atomic E-state index is 13.7. The molecule has 49 heavy (non-hydrogen) atoms. The van der Waals surface area contributed by atoms with Gasteiger partial charge < -0.3 is 34.4 Å². The van der Waals surface area contributed by atoms with E-state index in [1.165, 1.54) is 0 Å². The molecule has 6 rings (SSSR count). The normalized spacial score (nSPS) is 19.3. The second-order valence-electron chi connectivity index (χ2n) is 14.9. The number of likely N-dealkylation sites (N-methyl/N-ethyl adjacent to an activating group) is 1. The molecule has 1 aromatic carbocycles. The predicted molar refractivity (Wildman–Crippen MR) is 193 cm³/mol. The lowest BCUT2D eigenvalue weighted by molar-refractivity contribution is -0.0366. The number of hydrogen-bond donors (Lipinski definition) is 1. The largest absolute Gasteiger partial charge is 0.444 e. The molecule has 1 N–H and O–H groups in total. The Morgan fingerprint density at radius 2 is 1.88 bits per heavy atom. The van der Waals surface area contributed by atoms with Crippen molar-refractivity contribution in [1.29, 1.82) is 0 Å². The molecule has 3 aliphatic heterocycles. The van der Waals surface area contributed by atoms with Gasteiger partial charge in [-0.3, -0.25) is 4.79 Å². The molecule has 0 radical (unpaired) electrons. The van der Waals surface area contributed by atoms with Gasteiger partial charge in [-0.2, -0.15) is 5.10 Å². The zero-order chi connectivity index (χ0) is 35.0. The molecular weight excluding hydrogens is 644 g/mol. The van der Waals surface area contributed by atoms with Crippen LogP contribution in [0.3, 0.4) is 0 Å². The predicted octanol–water partition coefficient (Wildman–Crippen LogP) is 5.39. The lowest BCUT2D eigenvalue weighted by Crippen LogP contribution is -2.50. The summed E-state index contributed by atoms with van der Waals surface area (Å²) in [5.41, 5.74) is 5.75. The Hall–Kier alpha value is -3.61. The standard InChI is InChI=1S/C36H51ClN8O4/c1-23-18-30-26(20-38-45(30)31-10-8-9-17-48-31)33(32(23)37)44-12-11-25-28(22-44)40-27(34(46)39-24(2)21-41(6)7)19-29(25)42-13-15-43(16-14-42)35(47)49-36(3,4)5/h18-20,24,31H,8-17,21-22H2,1-7H3,(H,39,46). The van der Waals surface area contributed by atoms with Crippen LogP contribution in [0, 0.1) is 6.92 Å². The van der Waals surface area contributed by atoms with Crippen LogP contribution in [0.1, 0.15) is 80.5 Å². The highest BCUT2D eigenvalue weighted by Gasteiger charge is 2.32. The molecule has 2 amide bonds. The van der Waals surface area contributed by atoms with Crippen molar-refractivity contribution in [2.24, 2.45) is 0 Å². The Morgan fingerprint density at radius 3 is 2.55 bits per heavy atom. The summed E-state index contributed by atoms with van der Waals surface area (Å²) in [4.78, 5) is 39.9. The number of anilines is 2. The number of amides is 2. The van der Waals surface area contributed by atoms with Crippen molar-refractivity contribution in [3.05, 3.63) is 45.9 Å². The first-order valence-electron chi connectivity index (χ1n) is 17.5. The SMILES string of the molecule is Cc1cc2c(cnn2C2CCCCO2)c(N2CCc3c(N4CCN(C(=O)OC(C)(C)C)CC4)cc(C(=O)NC(C)CN(C)C)nc3C2)c1Cl. The van der Waals surface area contributed by atoms with E-state index in [0.29, 0.717) is 50.0 Å². The molecule has 3 aromatic rings. The van der Waals surface area contributed by atoms with Gasteiger partial charge >= 0.3 is 6.09 Å². The fraction of sp³-hybridized carbons (Fsp3) is 0.611. The first-order chi connectivity index (χ1) is 23.3. The number of aromatic nitrogens is 3. The van der Waals surface area contributed by atoms with Crippen LogP contribution in [0.25, 0.3) is 10.9 Å². The van der Waals surface area contributed by atoms with Gasteiger partial charge in [0.15, 0.2) is 6.23 Å². The van der Waals surface area contributed by atoms with Crippen molar-refractivity contribution in [2.75, 3.05) is 69.8 Å². The van der Waals surface area contributed by atoms with Gasteiger partial charge in [0.2, 0.25) is 0 Å². The topological polar surface area (TPSA) is 108 Å². The summed E-state index contributed by atoms with van der Waals surface area (Å²) in [7, 11) is 3.98. The Bertz CT molecular complexity index is 1690. The number of carbonyl (C=O) groups excluding carboxylic acids is 2. The third kappa shape index (κ3) is 7.76. The average Bonchev–Trinajstić information content (AvgIpc) is 3.46. The van der Waals surface area contributed by atoms with Crippen molar-refractivity contribution in [3.8, 4) is 0 Å². The van der Waals surface area contributed by atoms with Gasteiger partial charge in [0, 0.05) is 68.6 Å². The molecule has 2 saturated heterocycles. The number of rotatable bonds is 7. The third-order valence-corrected chi connectivity index (χ3v) is 9.90. The van der Waals surface area contributed by atoms with E-state index in [0.717, 1.165) is 77.9 Å². The summed E-state index contributed by atoms with van der Waals surface area (Å²) >= 11 is 7.09. The van der Waals surface area contributed by atoms with E-state index in [4.69, 9.17) is 31.2 Å². The second kappa shape index (κ2) is 14.3. The van der Waals surface area contributed by atoms with Gasteiger partial charge in [-0.25, -0.2) is 14.5 Å². The Balaban J connectivity index is 1.32. The molecule has 3 aliphatic rings. The summed E-state index contributed by atoms with van der Waals surface area (Å²) in [5, 5.41) is 9.61. The molecule has 0 spiro atoms. The fourth-order valence-corrected chi connectivity index (χ4v) is 7.46. The Morgan fingerprint density at radius 1 is 1.12 bits per heavy atom. The zero-order valence-corrected chi connectivity index (χ0v) is 30.8. The fourth-order valence-electron chi connectivity index (χ4n) is 7.18. The third-order valence-electron chi connectivity index (χ3n) is 9.42. The minimum absolute atomic E-state index is 0.0540. The van der Waals surface area contributed by atoms with Gasteiger partial charge in [-0.1, -0.05) is 11.6 Å². The van der Waals surface area contributed by atoms with Crippen LogP contribution in [0.4, 0.5) is 16.2 Å². The van der Waals surface area contributed by atoms with Gasteiger partial charge in [-0.05, 0) is 92.1 Å². The highest BCUT2D eigenvalue weighted by molar-refractivity contribution is 6.35. The number of piperazine rings is 1. The molecule has 2 fully saturated rings. The van der Waals surface area contributed by atoms with Crippen LogP contribution in [0.2, 0.25) is 5.02 Å². The second-order valence-corrected chi connectivity index (χ2v) is 15.3. The maximum atomic E-state index is 13.7. The molecule has 2 unspecified atom stereocenters. The molecule has 0 saturated carbocycles. The van der Waals surface area contributed by atoms with Crippen molar-refractivity contribution in [1.82, 2.24) is 29.9 Å². The smallest absolute Gasteiger partial charge is 0.410 e. The maximum Gasteiger partial charge on any atom is 0.410 e. The van der Waals surface area contributed by atoms with Crippen molar-refractivity contribution < 1.29 is 19.1 Å². The molecule has 266 valence electrons. The summed E-state index contributed by atoms with van der Waals surface area (Å²) in [6, 6.07) is 3.98. The summed E-state index contributed by atoms with van der Waals surface area (Å²) < 4.78 is 13.7. The Kier molecular flexibility index (Phi) is 10.3. The highest BCUT2D eigenvalue weighted by atomic mass is 35.5. The van der Waals surface area contributed by atoms with Gasteiger partial charge in [0.25, 0.3) is 5.91 Å². The number of pyridine rings is 1. The number of ether oxygens (including phenoxy) is 2. The molecular formula is C36H51ClN8O4. The first kappa shape index (κ1) is 35.2. The minimum Gasteiger partial charge on any atom is -0.444 e. The van der Waals surface area contributed by atoms with Gasteiger partial charge in [0.1, 0.15) is 11.3 Å². The van der Waals surface area contributed by atoms with Crippen LogP contribution in [-0.4, -0.2) is 108 Å². The molecule has 0 bridgehead atoms. The van der Waals surface area contributed by atoms with E-state index in [1.807, 2.05) is 70.6 Å². The number of fused-ring (bicyclic) bond motifs is 2. The minimum atomic E-state index is -0.551. The molecule has 12 nitrogen and oxygen atoms in total. The van der Waals surface area contributed by atoms with Crippen molar-refractivity contribution in [3.63, 3.8) is 0 Å². The van der Waals surface area contributed by atoms with Crippen LogP contribution in [-0.2, 0) is 22.4 Å². The number of aryl methyl sites for hydroxylation is 1. The summed E-state index contributed by atoms with van der Waals surface area (Å²) in [5.74, 6) is -0.201. The molecule has 5 heterocycles. The van der Waals surface area contributed by atoms with Crippen molar-refractivity contribution >= 4 is 45.9 Å². The number of nitrogens with zero attached hydrogens (tertiary/aromatic N) is 7. The van der Waals surface area contributed by atoms with E-state index in [1.54, 1.807) is 4.90 Å². The lowest BCUT2D eigenvalue weighted by Gasteiger charge is -2.39. The Labute approximate surface area is 294 Å². The highest BCUT2D eigenvalue weighted by Crippen LogP contribution is 2.41. The van der Waals surface area contributed by atoms with Crippen molar-refractivity contribution in [2.45, 2.75) is 84.7 Å². The number of halogens is 1. The molecule has 2 atom stereocenters. The average molecular weight is 695 g/mol. The molecule has 13 heteroatoms. The number of benzene rings is 1. The van der Waals surface area contributed by atoms with E-state index in [2.05, 4.69) is 21.2 Å². The van der Waals surface area contributed by atoms with E-state index in [9.17, 15) is 9.59 Å². The van der Waals surface area contributed by atoms with Crippen LogP contribution in [0.15, 0.2) is 18.3 Å². The van der Waals surface area contributed by atoms with Gasteiger partial charge in [-0.15, -0.1) is 0 Å². The van der Waals surface area contributed by atoms with E-state index < -0.39 is 5.60 Å². The first-order valence-corrected chi connectivity index (χ1v) is 17.9. The van der Waals surface area contributed by atoms with Crippen LogP contribution < -0.4 is 15.1 Å². The molecule has 0 aliphatic carbocycles. The summed E-state index contributed by atoms with van der Waals surface area (Å²) in [6.07, 6.45) is 5.37. The van der Waals surface area contributed by atoms with Crippen LogP contribution >= 0.6 is 11.6 Å². The monoisotopic (exact) mass is 694 g/mol. The van der Waals surface area contributed by atoms with E-state index >= 15 is 0 Å². The quantitative estimate of drug-likeness (QED) is 0.348. The number of carbonyl (C=O) groups is 2.